The van der Waals surface area contributed by atoms with Crippen molar-refractivity contribution in [2.24, 2.45) is 10.4 Å². The molecular weight excluding hydrogens is 92.1 g/mol. The summed E-state index contributed by atoms with van der Waals surface area (Å²) in [7, 11) is 1.64. The van der Waals surface area contributed by atoms with Crippen molar-refractivity contribution < 1.29 is 0 Å². The first-order chi connectivity index (χ1) is 2.91. The van der Waals surface area contributed by atoms with Gasteiger partial charge in [0.15, 0.2) is 0 Å². The van der Waals surface area contributed by atoms with Crippen molar-refractivity contribution in [2.45, 2.75) is 6.42 Å². The van der Waals surface area contributed by atoms with Crippen LogP contribution in [-0.4, -0.2) is 23.1 Å². The fourth-order valence-electron chi connectivity index (χ4n) is 0.203. The molecule has 2 N–H and O–H groups in total. The summed E-state index contributed by atoms with van der Waals surface area (Å²) >= 11 is 0. The van der Waals surface area contributed by atoms with Gasteiger partial charge in [-0.25, -0.2) is 0 Å². The first-order valence-electron chi connectivity index (χ1n) is 2.04. The van der Waals surface area contributed by atoms with Gasteiger partial charge in [0, 0.05) is 6.54 Å². The molecule has 0 aromatic carbocycles. The maximum atomic E-state index is 5.16. The van der Waals surface area contributed by atoms with E-state index in [2.05, 4.69) is 4.63 Å². The smallest absolute Gasteiger partial charge is 0.0887 e. The molecule has 0 aliphatic rings. The SMILES string of the molecule is NCCCN=[SiH2]. The summed E-state index contributed by atoms with van der Waals surface area (Å²) in [6, 6.07) is 0. The molecule has 0 fully saturated rings. The Bertz CT molecular complexity index is 37.8. The van der Waals surface area contributed by atoms with E-state index >= 15 is 0 Å². The Morgan fingerprint density at radius 3 is 2.50 bits per heavy atom. The monoisotopic (exact) mass is 102 g/mol. The second-order valence-electron chi connectivity index (χ2n) is 1.09. The zero-order valence-electron chi connectivity index (χ0n) is 3.85. The summed E-state index contributed by atoms with van der Waals surface area (Å²) < 4.78 is 3.87. The lowest BCUT2D eigenvalue weighted by Gasteiger charge is -1.83. The van der Waals surface area contributed by atoms with Crippen molar-refractivity contribution >= 4 is 10.0 Å². The Kier molecular flexibility index (Phi) is 4.96. The van der Waals surface area contributed by atoms with Gasteiger partial charge in [-0.1, -0.05) is 0 Å². The molecule has 0 saturated heterocycles. The average Bonchev–Trinajstić information content (AvgIpc) is 1.61. The maximum Gasteiger partial charge on any atom is 0.0887 e. The van der Waals surface area contributed by atoms with Gasteiger partial charge >= 0.3 is 0 Å². The molecule has 0 rings (SSSR count). The van der Waals surface area contributed by atoms with Gasteiger partial charge in [0.25, 0.3) is 0 Å². The van der Waals surface area contributed by atoms with Crippen LogP contribution in [0.4, 0.5) is 0 Å². The van der Waals surface area contributed by atoms with Crippen molar-refractivity contribution in [2.75, 3.05) is 13.1 Å². The lowest BCUT2D eigenvalue weighted by molar-refractivity contribution is 0.851. The Hall–Kier alpha value is -0.0231. The second kappa shape index (κ2) is 4.98. The molecule has 6 heavy (non-hydrogen) atoms. The molecule has 2 nitrogen and oxygen atoms in total. The first-order valence-corrected chi connectivity index (χ1v) is 2.67. The molecule has 0 spiro atoms. The lowest BCUT2D eigenvalue weighted by atomic mass is 10.4. The fraction of sp³-hybridized carbons (Fsp3) is 1.00. The third-order valence-corrected chi connectivity index (χ3v) is 0.837. The van der Waals surface area contributed by atoms with E-state index in [1.165, 1.54) is 0 Å². The lowest BCUT2D eigenvalue weighted by Crippen LogP contribution is -1.99. The van der Waals surface area contributed by atoms with Crippen molar-refractivity contribution in [1.82, 2.24) is 0 Å². The number of hydrogen-bond acceptors (Lipinski definition) is 2. The van der Waals surface area contributed by atoms with Crippen LogP contribution >= 0.6 is 0 Å². The van der Waals surface area contributed by atoms with Crippen molar-refractivity contribution in [3.63, 3.8) is 0 Å². The number of nitrogens with two attached hydrogens (primary N) is 1. The average molecular weight is 102 g/mol. The Balaban J connectivity index is 2.49. The predicted molar refractivity (Wildman–Crippen MR) is 29.5 cm³/mol. The van der Waals surface area contributed by atoms with Crippen LogP contribution < -0.4 is 5.73 Å². The van der Waals surface area contributed by atoms with E-state index in [0.717, 1.165) is 19.5 Å². The number of hydrogen-bond donors (Lipinski definition) is 1. The van der Waals surface area contributed by atoms with Gasteiger partial charge in [-0.2, -0.15) is 0 Å². The van der Waals surface area contributed by atoms with Gasteiger partial charge in [0.2, 0.25) is 0 Å². The molecule has 3 heteroatoms. The minimum Gasteiger partial charge on any atom is -0.344 e. The fourth-order valence-corrected chi connectivity index (χ4v) is 0.427. The topological polar surface area (TPSA) is 38.4 Å². The van der Waals surface area contributed by atoms with Crippen LogP contribution in [0.1, 0.15) is 6.42 Å². The van der Waals surface area contributed by atoms with Gasteiger partial charge in [-0.05, 0) is 13.0 Å². The van der Waals surface area contributed by atoms with Crippen molar-refractivity contribution in [3.8, 4) is 0 Å². The molecule has 0 amide bonds. The Morgan fingerprint density at radius 2 is 2.33 bits per heavy atom. The summed E-state index contributed by atoms with van der Waals surface area (Å²) in [5.74, 6) is 0. The molecule has 0 atom stereocenters. The molecule has 0 radical (unpaired) electrons. The molecule has 0 aliphatic carbocycles. The summed E-state index contributed by atoms with van der Waals surface area (Å²) in [6.07, 6.45) is 1.03. The van der Waals surface area contributed by atoms with Crippen LogP contribution in [0.25, 0.3) is 0 Å². The largest absolute Gasteiger partial charge is 0.344 e. The van der Waals surface area contributed by atoms with E-state index in [1.807, 2.05) is 0 Å². The van der Waals surface area contributed by atoms with E-state index in [1.54, 1.807) is 10.0 Å². The maximum absolute atomic E-state index is 5.16. The standard InChI is InChI=1S/C3H10N2Si/c4-2-1-3-5-6/h1-4,6H2. The van der Waals surface area contributed by atoms with E-state index in [0.29, 0.717) is 0 Å². The molecule has 0 heterocycles. The molecule has 0 saturated carbocycles. The van der Waals surface area contributed by atoms with E-state index in [4.69, 9.17) is 5.73 Å². The highest BCUT2D eigenvalue weighted by Gasteiger charge is 1.71. The summed E-state index contributed by atoms with van der Waals surface area (Å²) in [5, 5.41) is 0. The van der Waals surface area contributed by atoms with Gasteiger partial charge in [0.1, 0.15) is 0 Å². The van der Waals surface area contributed by atoms with Crippen LogP contribution in [0.5, 0.6) is 0 Å². The summed E-state index contributed by atoms with van der Waals surface area (Å²) in [4.78, 5) is 0. The highest BCUT2D eigenvalue weighted by molar-refractivity contribution is 5.91. The zero-order chi connectivity index (χ0) is 4.83. The van der Waals surface area contributed by atoms with Gasteiger partial charge in [-0.15, -0.1) is 0 Å². The highest BCUT2D eigenvalue weighted by atomic mass is 28.1. The third-order valence-electron chi connectivity index (χ3n) is 0.520. The first kappa shape index (κ1) is 5.98. The van der Waals surface area contributed by atoms with Crippen molar-refractivity contribution in [3.05, 3.63) is 0 Å². The van der Waals surface area contributed by atoms with Gasteiger partial charge < -0.3 is 10.4 Å². The van der Waals surface area contributed by atoms with Crippen LogP contribution in [-0.2, 0) is 0 Å². The third kappa shape index (κ3) is 3.98. The normalized spacial score (nSPS) is 8.17. The molecule has 0 aromatic heterocycles. The Labute approximate surface area is 40.9 Å². The predicted octanol–water partition coefficient (Wildman–Crippen LogP) is -0.848. The number of rotatable bonds is 3. The Morgan fingerprint density at radius 1 is 1.67 bits per heavy atom. The van der Waals surface area contributed by atoms with Crippen LogP contribution in [0, 0.1) is 0 Å². The number of nitrogens with zero attached hydrogens (tertiary/aromatic N) is 1. The zero-order valence-corrected chi connectivity index (χ0v) is 5.27. The minimum atomic E-state index is 0.766. The second-order valence-corrected chi connectivity index (χ2v) is 1.54. The van der Waals surface area contributed by atoms with Crippen molar-refractivity contribution in [1.29, 1.82) is 0 Å². The minimum absolute atomic E-state index is 0.766. The molecule has 0 bridgehead atoms. The van der Waals surface area contributed by atoms with E-state index < -0.39 is 0 Å². The van der Waals surface area contributed by atoms with Crippen LogP contribution in [0.15, 0.2) is 4.63 Å². The highest BCUT2D eigenvalue weighted by Crippen LogP contribution is 1.70. The van der Waals surface area contributed by atoms with E-state index in [9.17, 15) is 0 Å². The summed E-state index contributed by atoms with van der Waals surface area (Å²) in [5.41, 5.74) is 5.16. The molecule has 0 aliphatic heterocycles. The van der Waals surface area contributed by atoms with Crippen LogP contribution in [0.3, 0.4) is 0 Å². The van der Waals surface area contributed by atoms with Crippen LogP contribution in [0.2, 0.25) is 0 Å². The quantitative estimate of drug-likeness (QED) is 0.366. The van der Waals surface area contributed by atoms with E-state index in [-0.39, 0.29) is 0 Å². The molecule has 36 valence electrons. The van der Waals surface area contributed by atoms with Gasteiger partial charge in [-0.3, -0.25) is 0 Å². The molecule has 0 unspecified atom stereocenters. The molecular formula is C3H10N2Si. The molecule has 0 aromatic rings. The summed E-state index contributed by atoms with van der Waals surface area (Å²) in [6.45, 7) is 1.69. The van der Waals surface area contributed by atoms with Gasteiger partial charge in [0.05, 0.1) is 10.0 Å².